The maximum atomic E-state index is 13.3. The van der Waals surface area contributed by atoms with Gasteiger partial charge in [0.15, 0.2) is 11.6 Å². The van der Waals surface area contributed by atoms with E-state index >= 15 is 0 Å². The second kappa shape index (κ2) is 9.60. The van der Waals surface area contributed by atoms with Gasteiger partial charge in [-0.1, -0.05) is 32.0 Å². The summed E-state index contributed by atoms with van der Waals surface area (Å²) in [5.41, 5.74) is 1.74. The Hall–Kier alpha value is -2.80. The van der Waals surface area contributed by atoms with Gasteiger partial charge in [-0.05, 0) is 42.2 Å². The van der Waals surface area contributed by atoms with Crippen LogP contribution >= 0.6 is 11.3 Å². The largest absolute Gasteiger partial charge is 0.489 e. The van der Waals surface area contributed by atoms with Gasteiger partial charge in [0.2, 0.25) is 0 Å². The van der Waals surface area contributed by atoms with Crippen molar-refractivity contribution in [3.05, 3.63) is 70.7 Å². The van der Waals surface area contributed by atoms with Gasteiger partial charge >= 0.3 is 0 Å². The van der Waals surface area contributed by atoms with Crippen LogP contribution < -0.4 is 10.1 Å². The first-order chi connectivity index (χ1) is 13.9. The minimum Gasteiger partial charge on any atom is -0.489 e. The minimum absolute atomic E-state index is 0.113. The first-order valence-electron chi connectivity index (χ1n) is 9.33. The van der Waals surface area contributed by atoms with Gasteiger partial charge in [-0.2, -0.15) is 0 Å². The molecule has 29 heavy (non-hydrogen) atoms. The molecule has 1 amide bonds. The molecule has 1 N–H and O–H groups in total. The number of benzene rings is 2. The van der Waals surface area contributed by atoms with Crippen LogP contribution in [-0.2, 0) is 6.61 Å². The molecule has 0 aliphatic heterocycles. The Morgan fingerprint density at radius 2 is 2.00 bits per heavy atom. The molecule has 1 heterocycles. The average Bonchev–Trinajstić information content (AvgIpc) is 3.19. The van der Waals surface area contributed by atoms with Crippen molar-refractivity contribution in [3.63, 3.8) is 0 Å². The molecule has 0 unspecified atom stereocenters. The molecular formula is C22H22F2N2O2S. The normalized spacial score (nSPS) is 10.9. The Kier molecular flexibility index (Phi) is 6.93. The Bertz CT molecular complexity index is 988. The van der Waals surface area contributed by atoms with Crippen molar-refractivity contribution in [2.45, 2.75) is 26.9 Å². The summed E-state index contributed by atoms with van der Waals surface area (Å²) in [6, 6.07) is 10.9. The molecule has 0 spiro atoms. The number of hydrogen-bond donors (Lipinski definition) is 1. The van der Waals surface area contributed by atoms with Gasteiger partial charge in [0.1, 0.15) is 23.1 Å². The molecular weight excluding hydrogens is 394 g/mol. The molecule has 7 heteroatoms. The molecule has 0 fully saturated rings. The summed E-state index contributed by atoms with van der Waals surface area (Å²) in [6.45, 7) is 4.95. The average molecular weight is 416 g/mol. The quantitative estimate of drug-likeness (QED) is 0.532. The van der Waals surface area contributed by atoms with Crippen LogP contribution in [0.5, 0.6) is 5.75 Å². The SMILES string of the molecule is CC(C)CCNC(=O)c1csc(-c2cccc(OCc3ccc(F)c(F)c3)c2)n1. The predicted molar refractivity (Wildman–Crippen MR) is 110 cm³/mol. The van der Waals surface area contributed by atoms with Crippen LogP contribution in [0.2, 0.25) is 0 Å². The Labute approximate surface area is 172 Å². The highest BCUT2D eigenvalue weighted by Gasteiger charge is 2.12. The molecule has 0 aliphatic rings. The number of nitrogens with one attached hydrogen (secondary N) is 1. The molecule has 0 saturated heterocycles. The number of hydrogen-bond acceptors (Lipinski definition) is 4. The van der Waals surface area contributed by atoms with Crippen molar-refractivity contribution in [1.29, 1.82) is 0 Å². The van der Waals surface area contributed by atoms with Gasteiger partial charge in [-0.25, -0.2) is 13.8 Å². The van der Waals surface area contributed by atoms with E-state index in [1.54, 1.807) is 17.5 Å². The summed E-state index contributed by atoms with van der Waals surface area (Å²) in [4.78, 5) is 16.6. The summed E-state index contributed by atoms with van der Waals surface area (Å²) in [7, 11) is 0. The number of aromatic nitrogens is 1. The second-order valence-electron chi connectivity index (χ2n) is 7.04. The summed E-state index contributed by atoms with van der Waals surface area (Å²) in [6.07, 6.45) is 0.917. The lowest BCUT2D eigenvalue weighted by atomic mass is 10.1. The van der Waals surface area contributed by atoms with Gasteiger partial charge in [-0.3, -0.25) is 4.79 Å². The van der Waals surface area contributed by atoms with Crippen molar-refractivity contribution in [2.24, 2.45) is 5.92 Å². The van der Waals surface area contributed by atoms with E-state index in [0.29, 0.717) is 34.5 Å². The summed E-state index contributed by atoms with van der Waals surface area (Å²) < 4.78 is 32.0. The van der Waals surface area contributed by atoms with Crippen molar-refractivity contribution in [1.82, 2.24) is 10.3 Å². The first kappa shape index (κ1) is 20.9. The molecule has 0 aliphatic carbocycles. The predicted octanol–water partition coefficient (Wildman–Crippen LogP) is 5.44. The van der Waals surface area contributed by atoms with E-state index in [0.717, 1.165) is 24.1 Å². The topological polar surface area (TPSA) is 51.2 Å². The second-order valence-corrected chi connectivity index (χ2v) is 7.90. The van der Waals surface area contributed by atoms with Crippen molar-refractivity contribution in [2.75, 3.05) is 6.54 Å². The number of amides is 1. The Morgan fingerprint density at radius 1 is 1.17 bits per heavy atom. The third-order valence-electron chi connectivity index (χ3n) is 4.21. The zero-order valence-corrected chi connectivity index (χ0v) is 17.1. The summed E-state index contributed by atoms with van der Waals surface area (Å²) in [5, 5.41) is 5.31. The fraction of sp³-hybridized carbons (Fsp3) is 0.273. The fourth-order valence-electron chi connectivity index (χ4n) is 2.59. The highest BCUT2D eigenvalue weighted by molar-refractivity contribution is 7.13. The third kappa shape index (κ3) is 5.84. The monoisotopic (exact) mass is 416 g/mol. The van der Waals surface area contributed by atoms with Crippen LogP contribution in [0.15, 0.2) is 47.8 Å². The van der Waals surface area contributed by atoms with Crippen LogP contribution in [0.25, 0.3) is 10.6 Å². The van der Waals surface area contributed by atoms with E-state index in [2.05, 4.69) is 24.1 Å². The van der Waals surface area contributed by atoms with Crippen LogP contribution in [-0.4, -0.2) is 17.4 Å². The molecule has 0 bridgehead atoms. The Balaban J connectivity index is 1.64. The van der Waals surface area contributed by atoms with Gasteiger partial charge in [0.25, 0.3) is 5.91 Å². The van der Waals surface area contributed by atoms with Crippen LogP contribution in [0.3, 0.4) is 0 Å². The highest BCUT2D eigenvalue weighted by atomic mass is 32.1. The van der Waals surface area contributed by atoms with Crippen molar-refractivity contribution >= 4 is 17.2 Å². The van der Waals surface area contributed by atoms with Gasteiger partial charge in [-0.15, -0.1) is 11.3 Å². The lowest BCUT2D eigenvalue weighted by molar-refractivity contribution is 0.0948. The number of ether oxygens (including phenoxy) is 1. The number of carbonyl (C=O) groups is 1. The number of carbonyl (C=O) groups excluding carboxylic acids is 1. The molecule has 0 saturated carbocycles. The smallest absolute Gasteiger partial charge is 0.270 e. The third-order valence-corrected chi connectivity index (χ3v) is 5.11. The number of halogens is 2. The van der Waals surface area contributed by atoms with Crippen LogP contribution in [0.1, 0.15) is 36.3 Å². The summed E-state index contributed by atoms with van der Waals surface area (Å²) >= 11 is 1.38. The number of nitrogens with zero attached hydrogens (tertiary/aromatic N) is 1. The fourth-order valence-corrected chi connectivity index (χ4v) is 3.39. The van der Waals surface area contributed by atoms with Gasteiger partial charge < -0.3 is 10.1 Å². The molecule has 2 aromatic carbocycles. The van der Waals surface area contributed by atoms with Gasteiger partial charge in [0, 0.05) is 17.5 Å². The zero-order chi connectivity index (χ0) is 20.8. The maximum Gasteiger partial charge on any atom is 0.270 e. The van der Waals surface area contributed by atoms with Crippen LogP contribution in [0.4, 0.5) is 8.78 Å². The molecule has 4 nitrogen and oxygen atoms in total. The van der Waals surface area contributed by atoms with E-state index < -0.39 is 11.6 Å². The molecule has 1 aromatic heterocycles. The highest BCUT2D eigenvalue weighted by Crippen LogP contribution is 2.27. The Morgan fingerprint density at radius 3 is 2.76 bits per heavy atom. The number of rotatable bonds is 8. The van der Waals surface area contributed by atoms with Crippen LogP contribution in [0, 0.1) is 17.6 Å². The van der Waals surface area contributed by atoms with Gasteiger partial charge in [0.05, 0.1) is 0 Å². The van der Waals surface area contributed by atoms with Crippen molar-refractivity contribution < 1.29 is 18.3 Å². The standard InChI is InChI=1S/C22H22F2N2O2S/c1-14(2)8-9-25-21(27)20-13-29-22(26-20)16-4-3-5-17(11-16)28-12-15-6-7-18(23)19(24)10-15/h3-7,10-11,13-14H,8-9,12H2,1-2H3,(H,25,27). The first-order valence-corrected chi connectivity index (χ1v) is 10.2. The lowest BCUT2D eigenvalue weighted by Gasteiger charge is -2.08. The molecule has 0 atom stereocenters. The minimum atomic E-state index is -0.901. The number of thiazole rings is 1. The zero-order valence-electron chi connectivity index (χ0n) is 16.2. The van der Waals surface area contributed by atoms with E-state index in [-0.39, 0.29) is 12.5 Å². The maximum absolute atomic E-state index is 13.3. The van der Waals surface area contributed by atoms with E-state index in [9.17, 15) is 13.6 Å². The molecule has 0 radical (unpaired) electrons. The molecule has 152 valence electrons. The van der Waals surface area contributed by atoms with E-state index in [1.165, 1.54) is 17.4 Å². The molecule has 3 aromatic rings. The van der Waals surface area contributed by atoms with E-state index in [1.807, 2.05) is 12.1 Å². The van der Waals surface area contributed by atoms with E-state index in [4.69, 9.17) is 4.74 Å². The summed E-state index contributed by atoms with van der Waals surface area (Å²) in [5.74, 6) is -0.870. The van der Waals surface area contributed by atoms with Crippen molar-refractivity contribution in [3.8, 4) is 16.3 Å². The molecule has 3 rings (SSSR count). The lowest BCUT2D eigenvalue weighted by Crippen LogP contribution is -2.25.